The molecule has 1 aliphatic rings. The molecule has 0 radical (unpaired) electrons. The van der Waals surface area contributed by atoms with Gasteiger partial charge in [0.1, 0.15) is 5.82 Å². The van der Waals surface area contributed by atoms with Gasteiger partial charge in [-0.15, -0.1) is 0 Å². The lowest BCUT2D eigenvalue weighted by molar-refractivity contribution is 0.498. The minimum Gasteiger partial charge on any atom is -0.340 e. The van der Waals surface area contributed by atoms with E-state index in [-0.39, 0.29) is 11.4 Å². The van der Waals surface area contributed by atoms with Crippen molar-refractivity contribution in [2.45, 2.75) is 12.0 Å². The van der Waals surface area contributed by atoms with Crippen molar-refractivity contribution in [2.75, 3.05) is 18.0 Å². The number of nitrogens with two attached hydrogens (primary N) is 1. The Morgan fingerprint density at radius 3 is 2.74 bits per heavy atom. The third kappa shape index (κ3) is 2.28. The van der Waals surface area contributed by atoms with Crippen LogP contribution >= 0.6 is 0 Å². The number of aryl methyl sites for hydroxylation is 1. The van der Waals surface area contributed by atoms with Crippen LogP contribution < -0.4 is 10.6 Å². The number of fused-ring (bicyclic) bond motifs is 1. The molecule has 2 N–H and O–H groups in total. The summed E-state index contributed by atoms with van der Waals surface area (Å²) in [6.45, 7) is 1.54. The van der Waals surface area contributed by atoms with Crippen LogP contribution in [0.25, 0.3) is 11.0 Å². The first-order valence-electron chi connectivity index (χ1n) is 7.78. The predicted molar refractivity (Wildman–Crippen MR) is 89.8 cm³/mol. The number of anilines is 1. The number of hydrogen-bond donors (Lipinski definition) is 1. The molecule has 0 bridgehead atoms. The van der Waals surface area contributed by atoms with Gasteiger partial charge in [-0.25, -0.2) is 9.37 Å². The standard InChI is InChI=1S/C18H19FN4/c1-22-16-11-14(19)7-8-15(16)21-17(22)23-10-9-18(20,12-23)13-5-3-2-4-6-13/h2-8,11H,9-10,12,20H2,1H3. The van der Waals surface area contributed by atoms with Gasteiger partial charge in [0, 0.05) is 20.1 Å². The molecule has 5 heteroatoms. The molecule has 4 nitrogen and oxygen atoms in total. The Balaban J connectivity index is 1.69. The minimum absolute atomic E-state index is 0.245. The van der Waals surface area contributed by atoms with Gasteiger partial charge in [-0.1, -0.05) is 30.3 Å². The van der Waals surface area contributed by atoms with Gasteiger partial charge in [0.25, 0.3) is 0 Å². The zero-order valence-corrected chi connectivity index (χ0v) is 13.0. The van der Waals surface area contributed by atoms with Crippen LogP contribution in [-0.4, -0.2) is 22.6 Å². The summed E-state index contributed by atoms with van der Waals surface area (Å²) in [4.78, 5) is 6.85. The monoisotopic (exact) mass is 310 g/mol. The quantitative estimate of drug-likeness (QED) is 0.792. The number of imidazole rings is 1. The molecule has 0 saturated carbocycles. The Kier molecular flexibility index (Phi) is 3.13. The topological polar surface area (TPSA) is 47.1 Å². The van der Waals surface area contributed by atoms with Gasteiger partial charge in [0.15, 0.2) is 0 Å². The average Bonchev–Trinajstić information content (AvgIpc) is 3.11. The molecule has 1 aliphatic heterocycles. The highest BCUT2D eigenvalue weighted by Crippen LogP contribution is 2.33. The summed E-state index contributed by atoms with van der Waals surface area (Å²) in [5, 5.41) is 0. The van der Waals surface area contributed by atoms with Crippen molar-refractivity contribution in [1.82, 2.24) is 9.55 Å². The summed E-state index contributed by atoms with van der Waals surface area (Å²) in [7, 11) is 1.92. The molecule has 4 rings (SSSR count). The molecule has 3 aromatic rings. The van der Waals surface area contributed by atoms with E-state index < -0.39 is 0 Å². The molecule has 2 aromatic carbocycles. The van der Waals surface area contributed by atoms with Crippen LogP contribution in [-0.2, 0) is 12.6 Å². The van der Waals surface area contributed by atoms with Crippen molar-refractivity contribution < 1.29 is 4.39 Å². The molecule has 1 saturated heterocycles. The summed E-state index contributed by atoms with van der Waals surface area (Å²) in [6.07, 6.45) is 0.870. The molecule has 1 unspecified atom stereocenters. The van der Waals surface area contributed by atoms with Gasteiger partial charge in [-0.2, -0.15) is 0 Å². The van der Waals surface area contributed by atoms with Crippen molar-refractivity contribution in [3.63, 3.8) is 0 Å². The van der Waals surface area contributed by atoms with Crippen LogP contribution in [0.3, 0.4) is 0 Å². The molecule has 0 aliphatic carbocycles. The minimum atomic E-state index is -0.370. The fourth-order valence-electron chi connectivity index (χ4n) is 3.44. The zero-order valence-electron chi connectivity index (χ0n) is 13.0. The maximum atomic E-state index is 13.5. The first kappa shape index (κ1) is 14.2. The van der Waals surface area contributed by atoms with Crippen molar-refractivity contribution in [3.05, 3.63) is 59.9 Å². The maximum absolute atomic E-state index is 13.5. The fourth-order valence-corrected chi connectivity index (χ4v) is 3.44. The molecule has 1 fully saturated rings. The van der Waals surface area contributed by atoms with Gasteiger partial charge in [0.05, 0.1) is 16.6 Å². The zero-order chi connectivity index (χ0) is 16.0. The van der Waals surface area contributed by atoms with Crippen LogP contribution in [0.15, 0.2) is 48.5 Å². The van der Waals surface area contributed by atoms with E-state index in [1.165, 1.54) is 12.1 Å². The highest BCUT2D eigenvalue weighted by atomic mass is 19.1. The summed E-state index contributed by atoms with van der Waals surface area (Å²) < 4.78 is 15.4. The van der Waals surface area contributed by atoms with Gasteiger partial charge < -0.3 is 15.2 Å². The van der Waals surface area contributed by atoms with E-state index in [1.807, 2.05) is 29.8 Å². The Morgan fingerprint density at radius 1 is 1.17 bits per heavy atom. The Bertz CT molecular complexity index is 858. The van der Waals surface area contributed by atoms with Crippen molar-refractivity contribution in [1.29, 1.82) is 0 Å². The van der Waals surface area contributed by atoms with Crippen LogP contribution in [0.2, 0.25) is 0 Å². The molecule has 2 heterocycles. The number of rotatable bonds is 2. The number of halogens is 1. The summed E-state index contributed by atoms with van der Waals surface area (Å²) in [6, 6.07) is 14.9. The summed E-state index contributed by atoms with van der Waals surface area (Å²) >= 11 is 0. The summed E-state index contributed by atoms with van der Waals surface area (Å²) in [5.41, 5.74) is 9.02. The van der Waals surface area contributed by atoms with Gasteiger partial charge in [-0.05, 0) is 30.2 Å². The average molecular weight is 310 g/mol. The number of aromatic nitrogens is 2. The largest absolute Gasteiger partial charge is 0.340 e. The first-order valence-corrected chi connectivity index (χ1v) is 7.78. The van der Waals surface area contributed by atoms with E-state index in [0.717, 1.165) is 35.5 Å². The van der Waals surface area contributed by atoms with E-state index >= 15 is 0 Å². The van der Waals surface area contributed by atoms with Crippen LogP contribution in [0.5, 0.6) is 0 Å². The fraction of sp³-hybridized carbons (Fsp3) is 0.278. The predicted octanol–water partition coefficient (Wildman–Crippen LogP) is 2.78. The third-order valence-electron chi connectivity index (χ3n) is 4.75. The van der Waals surface area contributed by atoms with E-state index in [0.29, 0.717) is 6.54 Å². The molecule has 1 atom stereocenters. The van der Waals surface area contributed by atoms with Gasteiger partial charge in [-0.3, -0.25) is 0 Å². The van der Waals surface area contributed by atoms with Crippen molar-refractivity contribution in [3.8, 4) is 0 Å². The van der Waals surface area contributed by atoms with Crippen LogP contribution in [0, 0.1) is 5.82 Å². The summed E-state index contributed by atoms with van der Waals surface area (Å²) in [5.74, 6) is 0.597. The highest BCUT2D eigenvalue weighted by molar-refractivity contribution is 5.79. The number of nitrogens with zero attached hydrogens (tertiary/aromatic N) is 3. The van der Waals surface area contributed by atoms with Crippen LogP contribution in [0.4, 0.5) is 10.3 Å². The van der Waals surface area contributed by atoms with E-state index in [9.17, 15) is 4.39 Å². The second-order valence-electron chi connectivity index (χ2n) is 6.30. The molecule has 23 heavy (non-hydrogen) atoms. The Hall–Kier alpha value is -2.40. The first-order chi connectivity index (χ1) is 11.1. The lowest BCUT2D eigenvalue weighted by Crippen LogP contribution is -2.40. The molecule has 0 amide bonds. The molecule has 0 spiro atoms. The lowest BCUT2D eigenvalue weighted by Gasteiger charge is -2.25. The number of benzene rings is 2. The normalized spacial score (nSPS) is 21.3. The maximum Gasteiger partial charge on any atom is 0.206 e. The van der Waals surface area contributed by atoms with Gasteiger partial charge in [0.2, 0.25) is 5.95 Å². The molecule has 1 aromatic heterocycles. The lowest BCUT2D eigenvalue weighted by atomic mass is 9.90. The smallest absolute Gasteiger partial charge is 0.206 e. The van der Waals surface area contributed by atoms with Crippen molar-refractivity contribution in [2.24, 2.45) is 12.8 Å². The molecular formula is C18H19FN4. The second kappa shape index (κ2) is 5.06. The number of hydrogen-bond acceptors (Lipinski definition) is 3. The van der Waals surface area contributed by atoms with E-state index in [2.05, 4.69) is 22.0 Å². The van der Waals surface area contributed by atoms with E-state index in [1.54, 1.807) is 6.07 Å². The Morgan fingerprint density at radius 2 is 1.96 bits per heavy atom. The Labute approximate surface area is 134 Å². The molecular weight excluding hydrogens is 291 g/mol. The highest BCUT2D eigenvalue weighted by Gasteiger charge is 2.37. The van der Waals surface area contributed by atoms with Crippen LogP contribution in [0.1, 0.15) is 12.0 Å². The van der Waals surface area contributed by atoms with E-state index in [4.69, 9.17) is 5.73 Å². The van der Waals surface area contributed by atoms with Gasteiger partial charge >= 0.3 is 0 Å². The SMILES string of the molecule is Cn1c(N2CCC(N)(c3ccccc3)C2)nc2ccc(F)cc21. The van der Waals surface area contributed by atoms with Crippen molar-refractivity contribution >= 4 is 17.0 Å². The molecule has 118 valence electrons. The second-order valence-corrected chi connectivity index (χ2v) is 6.30. The third-order valence-corrected chi connectivity index (χ3v) is 4.75.